The zero-order valence-corrected chi connectivity index (χ0v) is 7.87. The van der Waals surface area contributed by atoms with Crippen molar-refractivity contribution in [3.8, 4) is 0 Å². The SMILES string of the molecule is CC(C)C(=O)/N=N/C(=O)C(C)C. The van der Waals surface area contributed by atoms with E-state index in [4.69, 9.17) is 0 Å². The summed E-state index contributed by atoms with van der Waals surface area (Å²) in [6, 6.07) is 0. The standard InChI is InChI=1S/C8H14N2O2/c1-5(2)7(11)9-10-8(12)6(3)4/h5-6H,1-4H3/b10-9+. The lowest BCUT2D eigenvalue weighted by molar-refractivity contribution is -0.125. The fourth-order valence-electron chi connectivity index (χ4n) is 0.329. The van der Waals surface area contributed by atoms with E-state index in [9.17, 15) is 9.59 Å². The van der Waals surface area contributed by atoms with Gasteiger partial charge in [0.2, 0.25) is 0 Å². The number of amides is 2. The highest BCUT2D eigenvalue weighted by atomic mass is 16.2. The van der Waals surface area contributed by atoms with Gasteiger partial charge in [-0.1, -0.05) is 27.7 Å². The Morgan fingerprint density at radius 1 is 0.833 bits per heavy atom. The quantitative estimate of drug-likeness (QED) is 0.593. The van der Waals surface area contributed by atoms with Gasteiger partial charge in [0, 0.05) is 11.8 Å². The molecule has 0 rings (SSSR count). The van der Waals surface area contributed by atoms with Crippen molar-refractivity contribution in [2.24, 2.45) is 22.1 Å². The first-order valence-electron chi connectivity index (χ1n) is 3.94. The molecule has 0 aromatic rings. The normalized spacial score (nSPS) is 11.5. The van der Waals surface area contributed by atoms with Gasteiger partial charge in [0.25, 0.3) is 11.8 Å². The van der Waals surface area contributed by atoms with E-state index in [1.54, 1.807) is 27.7 Å². The molecule has 0 heterocycles. The Balaban J connectivity index is 4.08. The van der Waals surface area contributed by atoms with Gasteiger partial charge in [-0.05, 0) is 0 Å². The summed E-state index contributed by atoms with van der Waals surface area (Å²) in [5.74, 6) is -1.12. The monoisotopic (exact) mass is 170 g/mol. The Bertz CT molecular complexity index is 185. The lowest BCUT2D eigenvalue weighted by Crippen LogP contribution is -2.06. The minimum Gasteiger partial charge on any atom is -0.271 e. The average molecular weight is 170 g/mol. The predicted octanol–water partition coefficient (Wildman–Crippen LogP) is 1.80. The zero-order valence-electron chi connectivity index (χ0n) is 7.87. The molecule has 0 aromatic carbocycles. The minimum atomic E-state index is -0.357. The number of rotatable bonds is 2. The fraction of sp³-hybridized carbons (Fsp3) is 0.750. The maximum Gasteiger partial charge on any atom is 0.267 e. The van der Waals surface area contributed by atoms with E-state index >= 15 is 0 Å². The molecule has 0 aliphatic carbocycles. The van der Waals surface area contributed by atoms with Crippen LogP contribution in [0.4, 0.5) is 0 Å². The molecule has 0 aromatic heterocycles. The number of carbonyl (C=O) groups excluding carboxylic acids is 2. The van der Waals surface area contributed by atoms with Crippen LogP contribution in [0.25, 0.3) is 0 Å². The Morgan fingerprint density at radius 2 is 1.08 bits per heavy atom. The molecule has 0 saturated heterocycles. The molecule has 12 heavy (non-hydrogen) atoms. The number of nitrogens with zero attached hydrogens (tertiary/aromatic N) is 2. The Hall–Kier alpha value is -1.06. The molecule has 0 atom stereocenters. The van der Waals surface area contributed by atoms with Gasteiger partial charge in [-0.2, -0.15) is 0 Å². The zero-order chi connectivity index (χ0) is 9.72. The van der Waals surface area contributed by atoms with E-state index < -0.39 is 0 Å². The van der Waals surface area contributed by atoms with E-state index in [2.05, 4.69) is 10.2 Å². The summed E-state index contributed by atoms with van der Waals surface area (Å²) >= 11 is 0. The molecule has 0 saturated carbocycles. The van der Waals surface area contributed by atoms with Crippen molar-refractivity contribution in [3.05, 3.63) is 0 Å². The van der Waals surface area contributed by atoms with Crippen molar-refractivity contribution in [1.82, 2.24) is 0 Å². The Labute approximate surface area is 72.1 Å². The summed E-state index contributed by atoms with van der Waals surface area (Å²) in [7, 11) is 0. The first kappa shape index (κ1) is 10.9. The first-order valence-corrected chi connectivity index (χ1v) is 3.94. The van der Waals surface area contributed by atoms with Crippen LogP contribution in [0.1, 0.15) is 27.7 Å². The second-order valence-corrected chi connectivity index (χ2v) is 3.19. The van der Waals surface area contributed by atoms with Gasteiger partial charge in [-0.25, -0.2) is 0 Å². The first-order chi connectivity index (χ1) is 5.45. The number of hydrogen-bond donors (Lipinski definition) is 0. The molecule has 0 unspecified atom stereocenters. The summed E-state index contributed by atoms with van der Waals surface area (Å²) in [5.41, 5.74) is 0. The summed E-state index contributed by atoms with van der Waals surface area (Å²) in [5, 5.41) is 6.56. The van der Waals surface area contributed by atoms with Gasteiger partial charge in [0.05, 0.1) is 0 Å². The highest BCUT2D eigenvalue weighted by Crippen LogP contribution is 1.99. The number of hydrogen-bond acceptors (Lipinski definition) is 2. The third-order valence-electron chi connectivity index (χ3n) is 1.23. The van der Waals surface area contributed by atoms with Gasteiger partial charge in [-0.15, -0.1) is 10.2 Å². The molecule has 0 fully saturated rings. The van der Waals surface area contributed by atoms with Crippen molar-refractivity contribution in [2.75, 3.05) is 0 Å². The van der Waals surface area contributed by atoms with Crippen LogP contribution in [-0.4, -0.2) is 11.8 Å². The summed E-state index contributed by atoms with van der Waals surface area (Å²) in [6.07, 6.45) is 0. The maximum absolute atomic E-state index is 10.9. The molecule has 0 spiro atoms. The molecular formula is C8H14N2O2. The summed E-state index contributed by atoms with van der Waals surface area (Å²) in [6.45, 7) is 6.84. The summed E-state index contributed by atoms with van der Waals surface area (Å²) in [4.78, 5) is 21.7. The van der Waals surface area contributed by atoms with Gasteiger partial charge in [0.15, 0.2) is 0 Å². The third kappa shape index (κ3) is 3.95. The maximum atomic E-state index is 10.9. The molecule has 4 heteroatoms. The van der Waals surface area contributed by atoms with Crippen molar-refractivity contribution in [1.29, 1.82) is 0 Å². The van der Waals surface area contributed by atoms with Crippen LogP contribution in [0.5, 0.6) is 0 Å². The molecular weight excluding hydrogens is 156 g/mol. The van der Waals surface area contributed by atoms with Crippen LogP contribution < -0.4 is 0 Å². The largest absolute Gasteiger partial charge is 0.271 e. The second-order valence-electron chi connectivity index (χ2n) is 3.19. The molecule has 0 radical (unpaired) electrons. The highest BCUT2D eigenvalue weighted by Gasteiger charge is 2.08. The molecule has 0 aliphatic rings. The molecule has 4 nitrogen and oxygen atoms in total. The minimum absolute atomic E-state index is 0.200. The average Bonchev–Trinajstić information content (AvgIpc) is 1.98. The van der Waals surface area contributed by atoms with Gasteiger partial charge >= 0.3 is 0 Å². The fourth-order valence-corrected chi connectivity index (χ4v) is 0.329. The number of azo groups is 1. The van der Waals surface area contributed by atoms with Crippen LogP contribution in [0.15, 0.2) is 10.2 Å². The number of carbonyl (C=O) groups is 2. The summed E-state index contributed by atoms with van der Waals surface area (Å²) < 4.78 is 0. The van der Waals surface area contributed by atoms with E-state index in [-0.39, 0.29) is 23.7 Å². The van der Waals surface area contributed by atoms with E-state index in [1.807, 2.05) is 0 Å². The molecule has 68 valence electrons. The van der Waals surface area contributed by atoms with Gasteiger partial charge in [0.1, 0.15) is 0 Å². The van der Waals surface area contributed by atoms with Crippen LogP contribution >= 0.6 is 0 Å². The lowest BCUT2D eigenvalue weighted by atomic mass is 10.2. The van der Waals surface area contributed by atoms with Crippen molar-refractivity contribution >= 4 is 11.8 Å². The topological polar surface area (TPSA) is 58.9 Å². The van der Waals surface area contributed by atoms with E-state index in [1.165, 1.54) is 0 Å². The smallest absolute Gasteiger partial charge is 0.267 e. The van der Waals surface area contributed by atoms with Crippen LogP contribution in [0, 0.1) is 11.8 Å². The Morgan fingerprint density at radius 3 is 1.25 bits per heavy atom. The molecule has 0 aliphatic heterocycles. The Kier molecular flexibility index (Phi) is 4.33. The van der Waals surface area contributed by atoms with Crippen LogP contribution in [-0.2, 0) is 9.59 Å². The predicted molar refractivity (Wildman–Crippen MR) is 44.5 cm³/mol. The van der Waals surface area contributed by atoms with Crippen LogP contribution in [0.2, 0.25) is 0 Å². The van der Waals surface area contributed by atoms with E-state index in [0.717, 1.165) is 0 Å². The molecule has 0 bridgehead atoms. The van der Waals surface area contributed by atoms with E-state index in [0.29, 0.717) is 0 Å². The van der Waals surface area contributed by atoms with Crippen molar-refractivity contribution < 1.29 is 9.59 Å². The van der Waals surface area contributed by atoms with Gasteiger partial charge in [-0.3, -0.25) is 9.59 Å². The van der Waals surface area contributed by atoms with Gasteiger partial charge < -0.3 is 0 Å². The van der Waals surface area contributed by atoms with Crippen molar-refractivity contribution in [3.63, 3.8) is 0 Å². The lowest BCUT2D eigenvalue weighted by Gasteiger charge is -1.96. The second kappa shape index (κ2) is 4.74. The molecule has 2 amide bonds. The van der Waals surface area contributed by atoms with Crippen molar-refractivity contribution in [2.45, 2.75) is 27.7 Å². The van der Waals surface area contributed by atoms with Crippen LogP contribution in [0.3, 0.4) is 0 Å². The highest BCUT2D eigenvalue weighted by molar-refractivity contribution is 5.83. The molecule has 0 N–H and O–H groups in total. The third-order valence-corrected chi connectivity index (χ3v) is 1.23.